The first-order chi connectivity index (χ1) is 10.9. The number of nitrogens with one attached hydrogen (secondary N) is 1. The van der Waals surface area contributed by atoms with Crippen molar-refractivity contribution in [2.45, 2.75) is 26.4 Å². The maximum Gasteiger partial charge on any atom is 0.138 e. The fraction of sp³-hybridized carbons (Fsp3) is 0.250. The van der Waals surface area contributed by atoms with Crippen molar-refractivity contribution in [2.75, 3.05) is 0 Å². The van der Waals surface area contributed by atoms with Gasteiger partial charge in [-0.1, -0.05) is 0 Å². The molecule has 2 aliphatic rings. The molecule has 7 heteroatoms. The zero-order valence-electron chi connectivity index (χ0n) is 13.0. The number of hydroxylamine groups is 1. The van der Waals surface area contributed by atoms with Crippen molar-refractivity contribution in [3.05, 3.63) is 53.0 Å². The van der Waals surface area contributed by atoms with E-state index in [1.165, 1.54) is 0 Å². The molecule has 0 amide bonds. The Morgan fingerprint density at radius 2 is 1.96 bits per heavy atom. The van der Waals surface area contributed by atoms with E-state index in [4.69, 9.17) is 9.37 Å². The Balaban J connectivity index is 1.91. The van der Waals surface area contributed by atoms with Crippen LogP contribution in [0.3, 0.4) is 0 Å². The van der Waals surface area contributed by atoms with Crippen molar-refractivity contribution in [2.24, 2.45) is 0 Å². The summed E-state index contributed by atoms with van der Waals surface area (Å²) in [6.07, 6.45) is 7.13. The van der Waals surface area contributed by atoms with Crippen molar-refractivity contribution in [1.29, 1.82) is 0 Å². The largest absolute Gasteiger partial charge is 0.603 e. The summed E-state index contributed by atoms with van der Waals surface area (Å²) >= 11 is 0. The summed E-state index contributed by atoms with van der Waals surface area (Å²) in [5.74, 6) is 0.657. The lowest BCUT2D eigenvalue weighted by molar-refractivity contribution is -0.902. The number of aromatic nitrogens is 2. The van der Waals surface area contributed by atoms with E-state index in [0.29, 0.717) is 16.8 Å². The van der Waals surface area contributed by atoms with Crippen LogP contribution in [0.5, 0.6) is 5.75 Å². The van der Waals surface area contributed by atoms with Crippen molar-refractivity contribution < 1.29 is 14.5 Å². The van der Waals surface area contributed by atoms with Gasteiger partial charge in [0.1, 0.15) is 34.3 Å². The highest BCUT2D eigenvalue weighted by Gasteiger charge is 2.32. The van der Waals surface area contributed by atoms with E-state index in [2.05, 4.69) is 10.3 Å². The lowest BCUT2D eigenvalue weighted by Gasteiger charge is -2.38. The van der Waals surface area contributed by atoms with Crippen molar-refractivity contribution >= 4 is 16.7 Å². The monoisotopic (exact) mass is 312 g/mol. The summed E-state index contributed by atoms with van der Waals surface area (Å²) in [6.45, 7) is 5.84. The minimum absolute atomic E-state index is 0.0936. The third kappa shape index (κ3) is 2.30. The predicted octanol–water partition coefficient (Wildman–Crippen LogP) is 1.77. The quantitative estimate of drug-likeness (QED) is 0.809. The number of rotatable bonds is 1. The summed E-state index contributed by atoms with van der Waals surface area (Å²) in [5, 5.41) is 21.6. The number of benzene rings is 1. The molecule has 1 unspecified atom stereocenters. The smallest absolute Gasteiger partial charge is 0.138 e. The number of hydrogen-bond donors (Lipinski definition) is 1. The van der Waals surface area contributed by atoms with E-state index < -0.39 is 5.60 Å². The van der Waals surface area contributed by atoms with E-state index in [9.17, 15) is 5.21 Å². The van der Waals surface area contributed by atoms with Gasteiger partial charge in [0, 0.05) is 11.6 Å². The van der Waals surface area contributed by atoms with Crippen LogP contribution >= 0.6 is 0 Å². The zero-order valence-corrected chi connectivity index (χ0v) is 13.0. The number of fused-ring (bicyclic) bond motifs is 2. The molecule has 1 aromatic carbocycles. The highest BCUT2D eigenvalue weighted by Crippen LogP contribution is 2.39. The molecule has 0 aliphatic carbocycles. The molecular formula is C16H16N4O3. The second-order valence-electron chi connectivity index (χ2n) is 6.25. The van der Waals surface area contributed by atoms with Gasteiger partial charge >= 0.3 is 0 Å². The third-order valence-electron chi connectivity index (χ3n) is 3.81. The third-order valence-corrected chi connectivity index (χ3v) is 3.81. The fourth-order valence-electron chi connectivity index (χ4n) is 2.80. The Morgan fingerprint density at radius 3 is 2.74 bits per heavy atom. The van der Waals surface area contributed by atoms with E-state index >= 15 is 0 Å². The van der Waals surface area contributed by atoms with Gasteiger partial charge in [-0.25, -0.2) is 9.80 Å². The predicted molar refractivity (Wildman–Crippen MR) is 83.6 cm³/mol. The van der Waals surface area contributed by atoms with E-state index in [0.717, 1.165) is 16.8 Å². The Bertz CT molecular complexity index is 879. The van der Waals surface area contributed by atoms with E-state index in [1.54, 1.807) is 23.4 Å². The molecule has 7 nitrogen and oxygen atoms in total. The Labute approximate surface area is 132 Å². The molecule has 0 fully saturated rings. The number of ether oxygens (including phenoxy) is 1. The summed E-state index contributed by atoms with van der Waals surface area (Å²) < 4.78 is 10.8. The highest BCUT2D eigenvalue weighted by atomic mass is 16.6. The van der Waals surface area contributed by atoms with Gasteiger partial charge in [-0.3, -0.25) is 0 Å². The van der Waals surface area contributed by atoms with Gasteiger partial charge in [-0.05, 0) is 54.9 Å². The molecule has 1 atom stereocenters. The topological polar surface area (TPSA) is 78.9 Å². The summed E-state index contributed by atoms with van der Waals surface area (Å²) in [7, 11) is 0. The average Bonchev–Trinajstić information content (AvgIpc) is 2.93. The van der Waals surface area contributed by atoms with Crippen LogP contribution in [0.4, 0.5) is 0 Å². The maximum absolute atomic E-state index is 12.3. The highest BCUT2D eigenvalue weighted by molar-refractivity contribution is 5.84. The molecule has 2 aliphatic heterocycles. The van der Waals surface area contributed by atoms with Crippen LogP contribution in [0, 0.1) is 5.21 Å². The van der Waals surface area contributed by atoms with Crippen LogP contribution in [0.25, 0.3) is 16.7 Å². The van der Waals surface area contributed by atoms with Gasteiger partial charge in [-0.2, -0.15) is 5.01 Å². The van der Waals surface area contributed by atoms with Crippen molar-refractivity contribution in [1.82, 2.24) is 15.3 Å². The molecule has 1 aromatic heterocycles. The zero-order chi connectivity index (χ0) is 16.2. The van der Waals surface area contributed by atoms with Gasteiger partial charge in [0.15, 0.2) is 0 Å². The summed E-state index contributed by atoms with van der Waals surface area (Å²) in [4.78, 5) is 0. The molecule has 118 valence electrons. The Hall–Kier alpha value is -2.64. The second-order valence-corrected chi connectivity index (χ2v) is 6.25. The first kappa shape index (κ1) is 14.0. The van der Waals surface area contributed by atoms with Crippen LogP contribution in [-0.2, 0) is 0 Å². The molecule has 0 bridgehead atoms. The first-order valence-corrected chi connectivity index (χ1v) is 7.31. The molecule has 2 aromatic rings. The molecule has 0 spiro atoms. The van der Waals surface area contributed by atoms with Gasteiger partial charge in [0.05, 0.1) is 6.20 Å². The lowest BCUT2D eigenvalue weighted by atomic mass is 9.98. The van der Waals surface area contributed by atoms with Crippen molar-refractivity contribution in [3.63, 3.8) is 0 Å². The fourth-order valence-corrected chi connectivity index (χ4v) is 2.80. The van der Waals surface area contributed by atoms with Gasteiger partial charge < -0.3 is 9.94 Å². The van der Waals surface area contributed by atoms with Gasteiger partial charge in [0.25, 0.3) is 0 Å². The van der Waals surface area contributed by atoms with Gasteiger partial charge in [-0.15, -0.1) is 0 Å². The Morgan fingerprint density at radius 1 is 1.22 bits per heavy atom. The van der Waals surface area contributed by atoms with E-state index in [-0.39, 0.29) is 5.17 Å². The lowest BCUT2D eigenvalue weighted by Crippen LogP contribution is -3.08. The van der Waals surface area contributed by atoms with Crippen LogP contribution in [0.15, 0.2) is 46.9 Å². The first-order valence-electron chi connectivity index (χ1n) is 7.31. The molecule has 1 N–H and O–H groups in total. The minimum atomic E-state index is -0.545. The van der Waals surface area contributed by atoms with Crippen LogP contribution in [0.2, 0.25) is 0 Å². The number of nitrogens with zero attached hydrogens (tertiary/aromatic N) is 3. The normalized spacial score (nSPS) is 22.4. The van der Waals surface area contributed by atoms with Crippen molar-refractivity contribution in [3.8, 4) is 5.75 Å². The molecule has 3 heterocycles. The minimum Gasteiger partial charge on any atom is -0.603 e. The molecule has 0 radical (unpaired) electrons. The molecule has 23 heavy (non-hydrogen) atoms. The molecule has 0 saturated heterocycles. The molecular weight excluding hydrogens is 296 g/mol. The van der Waals surface area contributed by atoms with E-state index in [1.807, 2.05) is 39.1 Å². The number of hydrogen-bond acceptors (Lipinski definition) is 6. The maximum atomic E-state index is 12.3. The summed E-state index contributed by atoms with van der Waals surface area (Å²) in [6, 6.07) is 3.62. The standard InChI is InChI=1S/C16H16N4O3/c1-10-4-5-20(21)19(9-10)14-8-16(2,3)22-15-7-13-12(6-11(14)15)17-23-18-13/h4-9,20H,1-3H3. The molecule has 4 rings (SSSR count). The van der Waals surface area contributed by atoms with Gasteiger partial charge in [0.2, 0.25) is 0 Å². The molecule has 0 saturated carbocycles. The summed E-state index contributed by atoms with van der Waals surface area (Å²) in [5.41, 5.74) is 3.27. The number of quaternary nitrogens is 1. The average molecular weight is 312 g/mol. The van der Waals surface area contributed by atoms with Crippen LogP contribution in [-0.4, -0.2) is 20.9 Å². The number of allylic oxidation sites excluding steroid dienone is 2. The van der Waals surface area contributed by atoms with Crippen LogP contribution < -0.4 is 9.91 Å². The second kappa shape index (κ2) is 4.68. The Kier molecular flexibility index (Phi) is 2.84. The van der Waals surface area contributed by atoms with Crippen LogP contribution in [0.1, 0.15) is 26.3 Å². The SMILES string of the molecule is CC1=CN(C2=CC(C)(C)Oc3cc4nonc4cc32)[NH+]([O-])C=C1.